The van der Waals surface area contributed by atoms with Gasteiger partial charge in [0, 0.05) is 31.9 Å². The lowest BCUT2D eigenvalue weighted by atomic mass is 9.78. The molecule has 0 unspecified atom stereocenters. The lowest BCUT2D eigenvalue weighted by Crippen LogP contribution is -2.34. The molecule has 0 saturated carbocycles. The van der Waals surface area contributed by atoms with Gasteiger partial charge in [0.05, 0.1) is 50.1 Å². The van der Waals surface area contributed by atoms with Crippen LogP contribution >= 0.6 is 0 Å². The Hall–Kier alpha value is -4.43. The van der Waals surface area contributed by atoms with Crippen molar-refractivity contribution < 1.29 is 61.5 Å². The second kappa shape index (κ2) is 21.8. The molecule has 0 bridgehead atoms. The van der Waals surface area contributed by atoms with Gasteiger partial charge in [0.2, 0.25) is 11.9 Å². The zero-order valence-electron chi connectivity index (χ0n) is 29.8. The van der Waals surface area contributed by atoms with E-state index >= 15 is 0 Å². The maximum absolute atomic E-state index is 12.9. The van der Waals surface area contributed by atoms with Crippen LogP contribution in [0.5, 0.6) is 5.75 Å². The maximum Gasteiger partial charge on any atom is 0.329 e. The van der Waals surface area contributed by atoms with Gasteiger partial charge in [-0.05, 0) is 56.4 Å². The first-order valence-corrected chi connectivity index (χ1v) is 17.9. The van der Waals surface area contributed by atoms with Crippen LogP contribution in [0.2, 0.25) is 0 Å². The smallest absolute Gasteiger partial charge is 0.329 e. The van der Waals surface area contributed by atoms with Crippen LogP contribution in [0, 0.1) is 5.41 Å². The number of hydrogen-bond acceptors (Lipinski definition) is 13. The Morgan fingerprint density at radius 1 is 0.750 bits per heavy atom. The van der Waals surface area contributed by atoms with E-state index in [1.165, 1.54) is 36.7 Å². The van der Waals surface area contributed by atoms with Gasteiger partial charge >= 0.3 is 11.9 Å². The van der Waals surface area contributed by atoms with Gasteiger partial charge in [0.15, 0.2) is 0 Å². The molecule has 0 atom stereocenters. The van der Waals surface area contributed by atoms with Gasteiger partial charge in [0.25, 0.3) is 15.9 Å². The van der Waals surface area contributed by atoms with Gasteiger partial charge in [-0.2, -0.15) is 0 Å². The highest BCUT2D eigenvalue weighted by Gasteiger charge is 2.31. The van der Waals surface area contributed by atoms with Crippen LogP contribution in [0.25, 0.3) is 0 Å². The Balaban J connectivity index is 1.65. The zero-order valence-corrected chi connectivity index (χ0v) is 30.7. The Labute approximate surface area is 303 Å². The van der Waals surface area contributed by atoms with Crippen molar-refractivity contribution in [2.24, 2.45) is 5.41 Å². The van der Waals surface area contributed by atoms with Gasteiger partial charge < -0.3 is 44.5 Å². The summed E-state index contributed by atoms with van der Waals surface area (Å²) in [5.74, 6) is -2.53. The molecule has 0 saturated heterocycles. The van der Waals surface area contributed by atoms with Crippen LogP contribution in [-0.4, -0.2) is 124 Å². The molecule has 52 heavy (non-hydrogen) atoms. The van der Waals surface area contributed by atoms with Crippen LogP contribution in [0.4, 0.5) is 5.95 Å². The van der Waals surface area contributed by atoms with Crippen molar-refractivity contribution in [3.8, 4) is 5.75 Å². The fourth-order valence-corrected chi connectivity index (χ4v) is 5.78. The van der Waals surface area contributed by atoms with Crippen LogP contribution < -0.4 is 20.1 Å². The van der Waals surface area contributed by atoms with E-state index in [1.807, 2.05) is 27.7 Å². The van der Waals surface area contributed by atoms with Crippen molar-refractivity contribution in [1.29, 1.82) is 0 Å². The minimum Gasteiger partial charge on any atom is -0.488 e. The first-order chi connectivity index (χ1) is 24.5. The van der Waals surface area contributed by atoms with Crippen LogP contribution in [0.1, 0.15) is 57.3 Å². The summed E-state index contributed by atoms with van der Waals surface area (Å²) in [6.07, 6.45) is 3.48. The molecule has 18 nitrogen and oxygen atoms in total. The van der Waals surface area contributed by atoms with E-state index in [9.17, 15) is 27.6 Å². The third kappa shape index (κ3) is 18.7. The Kier molecular flexibility index (Phi) is 18.4. The number of ether oxygens (including phenoxy) is 5. The molecule has 2 rings (SSSR count). The van der Waals surface area contributed by atoms with Crippen LogP contribution in [0.15, 0.2) is 41.6 Å². The molecule has 2 amide bonds. The number of nitrogens with zero attached hydrogens (tertiary/aromatic N) is 2. The number of aromatic nitrogens is 2. The monoisotopic (exact) mass is 755 g/mol. The topological polar surface area (TPSA) is 251 Å². The highest BCUT2D eigenvalue weighted by Crippen LogP contribution is 2.35. The number of nitrogens with one attached hydrogen (secondary N) is 3. The van der Waals surface area contributed by atoms with Gasteiger partial charge in [-0.1, -0.05) is 13.8 Å². The Bertz CT molecular complexity index is 1540. The first-order valence-electron chi connectivity index (χ1n) is 16.4. The van der Waals surface area contributed by atoms with Gasteiger partial charge in [-0.25, -0.2) is 27.9 Å². The van der Waals surface area contributed by atoms with Crippen molar-refractivity contribution in [2.45, 2.75) is 57.5 Å². The summed E-state index contributed by atoms with van der Waals surface area (Å²) >= 11 is 0. The summed E-state index contributed by atoms with van der Waals surface area (Å²) in [7, 11) is -4.05. The predicted octanol–water partition coefficient (Wildman–Crippen LogP) is 1.71. The number of hydrogen-bond donors (Lipinski definition) is 5. The molecule has 19 heteroatoms. The van der Waals surface area contributed by atoms with E-state index in [0.717, 1.165) is 0 Å². The van der Waals surface area contributed by atoms with Crippen LogP contribution in [0.3, 0.4) is 0 Å². The summed E-state index contributed by atoms with van der Waals surface area (Å²) in [5, 5.41) is 22.7. The van der Waals surface area contributed by atoms with Gasteiger partial charge in [-0.3, -0.25) is 14.4 Å². The number of benzene rings is 1. The standard InChI is InChI=1S/C33H49N5O13S/c1-32(2,10-9-28(40)41)23-33(3,4)51-25-5-7-26(8-6-25)52(45,46)38-31-36-19-24(20-37-31)30(44)35-12-14-48-15-17-49-21-27(39)34-11-13-47-16-18-50-22-29(42)43/h5-8,19-20H,9-18,21-23H2,1-4H3,(H,34,39)(H,35,44)(H,40,41)(H,42,43)(H,36,37,38). The second-order valence-electron chi connectivity index (χ2n) is 12.8. The molecule has 1 heterocycles. The average molecular weight is 756 g/mol. The van der Waals surface area contributed by atoms with Crippen molar-refractivity contribution in [3.63, 3.8) is 0 Å². The predicted molar refractivity (Wildman–Crippen MR) is 186 cm³/mol. The number of aliphatic carboxylic acids is 2. The fourth-order valence-electron chi connectivity index (χ4n) is 4.82. The molecule has 1 aromatic heterocycles. The molecule has 0 aliphatic rings. The van der Waals surface area contributed by atoms with E-state index in [-0.39, 0.29) is 93.5 Å². The first kappa shape index (κ1) is 43.7. The summed E-state index contributed by atoms with van der Waals surface area (Å²) < 4.78 is 54.8. The highest BCUT2D eigenvalue weighted by molar-refractivity contribution is 7.92. The summed E-state index contributed by atoms with van der Waals surface area (Å²) in [6, 6.07) is 5.81. The summed E-state index contributed by atoms with van der Waals surface area (Å²) in [6.45, 7) is 8.65. The maximum atomic E-state index is 12.9. The largest absolute Gasteiger partial charge is 0.488 e. The van der Waals surface area contributed by atoms with E-state index in [0.29, 0.717) is 18.6 Å². The summed E-state index contributed by atoms with van der Waals surface area (Å²) in [4.78, 5) is 53.2. The molecule has 0 aliphatic heterocycles. The Morgan fingerprint density at radius 2 is 1.31 bits per heavy atom. The zero-order chi connectivity index (χ0) is 38.6. The van der Waals surface area contributed by atoms with E-state index in [2.05, 4.69) is 25.3 Å². The Morgan fingerprint density at radius 3 is 1.88 bits per heavy atom. The second-order valence-corrected chi connectivity index (χ2v) is 14.5. The molecular formula is C33H49N5O13S. The number of carbonyl (C=O) groups is 4. The van der Waals surface area contributed by atoms with E-state index in [1.54, 1.807) is 0 Å². The van der Waals surface area contributed by atoms with Crippen LogP contribution in [-0.2, 0) is 43.4 Å². The minimum absolute atomic E-state index is 0.0559. The molecule has 0 aliphatic carbocycles. The number of carboxylic acids is 2. The van der Waals surface area contributed by atoms with Crippen molar-refractivity contribution in [1.82, 2.24) is 20.6 Å². The SMILES string of the molecule is CC(C)(CCC(=O)O)CC(C)(C)Oc1ccc(S(=O)(=O)Nc2ncc(C(=O)NCCOCCOCC(=O)NCCOCCOCC(=O)O)cn2)cc1. The number of anilines is 1. The van der Waals surface area contributed by atoms with Crippen molar-refractivity contribution >= 4 is 39.7 Å². The third-order valence-electron chi connectivity index (χ3n) is 6.89. The normalized spacial score (nSPS) is 11.8. The highest BCUT2D eigenvalue weighted by atomic mass is 32.2. The van der Waals surface area contributed by atoms with Gasteiger partial charge in [-0.15, -0.1) is 0 Å². The number of sulfonamides is 1. The lowest BCUT2D eigenvalue weighted by molar-refractivity contribution is -0.143. The summed E-state index contributed by atoms with van der Waals surface area (Å²) in [5.41, 5.74) is -0.829. The number of amides is 2. The molecular weight excluding hydrogens is 706 g/mol. The van der Waals surface area contributed by atoms with Crippen molar-refractivity contribution in [2.75, 3.05) is 70.7 Å². The lowest BCUT2D eigenvalue weighted by Gasteiger charge is -2.35. The number of carbonyl (C=O) groups excluding carboxylic acids is 2. The molecule has 0 spiro atoms. The molecule has 5 N–H and O–H groups in total. The molecule has 290 valence electrons. The molecule has 0 radical (unpaired) electrons. The van der Waals surface area contributed by atoms with E-state index < -0.39 is 40.1 Å². The third-order valence-corrected chi connectivity index (χ3v) is 8.24. The molecule has 2 aromatic rings. The average Bonchev–Trinajstić information content (AvgIpc) is 3.05. The van der Waals surface area contributed by atoms with Gasteiger partial charge in [0.1, 0.15) is 24.6 Å². The fraction of sp³-hybridized carbons (Fsp3) is 0.576. The minimum atomic E-state index is -4.05. The molecule has 0 fully saturated rings. The molecule has 1 aromatic carbocycles. The quantitative estimate of drug-likeness (QED) is 0.0814. The number of carboxylic acid groups (broad SMARTS) is 2. The van der Waals surface area contributed by atoms with E-state index in [4.69, 9.17) is 33.9 Å². The number of rotatable bonds is 27. The van der Waals surface area contributed by atoms with Crippen molar-refractivity contribution in [3.05, 3.63) is 42.2 Å².